The summed E-state index contributed by atoms with van der Waals surface area (Å²) in [5.41, 5.74) is 0.713. The molecule has 2 aromatic heterocycles. The van der Waals surface area contributed by atoms with E-state index in [-0.39, 0.29) is 22.8 Å². The number of alkyl halides is 3. The summed E-state index contributed by atoms with van der Waals surface area (Å²) in [6.07, 6.45) is -3.51. The Kier molecular flexibility index (Phi) is 6.84. The van der Waals surface area contributed by atoms with Crippen molar-refractivity contribution in [3.63, 3.8) is 0 Å². The topological polar surface area (TPSA) is 63.0 Å². The summed E-state index contributed by atoms with van der Waals surface area (Å²) in [5.74, 6) is 0.230. The Labute approximate surface area is 212 Å². The molecule has 0 radical (unpaired) electrons. The van der Waals surface area contributed by atoms with Crippen molar-refractivity contribution >= 4 is 11.6 Å². The summed E-state index contributed by atoms with van der Waals surface area (Å²) in [7, 11) is 0. The summed E-state index contributed by atoms with van der Waals surface area (Å²) >= 11 is 0. The SMILES string of the molecule is CCOc1ccc(-c2cc(C(F)(F)F)n3ncc(C(=O)N4CCN(Cc5ccccc5)CC4)c3n2)cc1. The van der Waals surface area contributed by atoms with E-state index in [1.54, 1.807) is 29.2 Å². The van der Waals surface area contributed by atoms with Crippen LogP contribution >= 0.6 is 0 Å². The first-order valence-corrected chi connectivity index (χ1v) is 12.1. The number of amides is 1. The van der Waals surface area contributed by atoms with Gasteiger partial charge in [-0.15, -0.1) is 0 Å². The maximum atomic E-state index is 14.0. The van der Waals surface area contributed by atoms with Gasteiger partial charge in [0.15, 0.2) is 11.3 Å². The lowest BCUT2D eigenvalue weighted by Gasteiger charge is -2.34. The average Bonchev–Trinajstić information content (AvgIpc) is 3.33. The molecule has 4 aromatic rings. The Morgan fingerprint density at radius 1 is 1.00 bits per heavy atom. The summed E-state index contributed by atoms with van der Waals surface area (Å²) in [5, 5.41) is 3.90. The van der Waals surface area contributed by atoms with E-state index in [1.807, 2.05) is 25.1 Å². The van der Waals surface area contributed by atoms with E-state index in [0.29, 0.717) is 48.6 Å². The average molecular weight is 510 g/mol. The van der Waals surface area contributed by atoms with Gasteiger partial charge in [0.2, 0.25) is 0 Å². The molecule has 10 heteroatoms. The number of fused-ring (bicyclic) bond motifs is 1. The second-order valence-corrected chi connectivity index (χ2v) is 8.83. The number of ether oxygens (including phenoxy) is 1. The minimum absolute atomic E-state index is 0.0507. The molecule has 2 aromatic carbocycles. The molecule has 1 aliphatic heterocycles. The Balaban J connectivity index is 1.42. The van der Waals surface area contributed by atoms with Gasteiger partial charge in [0, 0.05) is 38.3 Å². The zero-order valence-electron chi connectivity index (χ0n) is 20.3. The highest BCUT2D eigenvalue weighted by Crippen LogP contribution is 2.33. The highest BCUT2D eigenvalue weighted by molar-refractivity contribution is 6.00. The third-order valence-electron chi connectivity index (χ3n) is 6.36. The third kappa shape index (κ3) is 5.29. The molecule has 0 aliphatic carbocycles. The zero-order chi connectivity index (χ0) is 26.0. The van der Waals surface area contributed by atoms with Crippen LogP contribution in [0.5, 0.6) is 5.75 Å². The number of carbonyl (C=O) groups excluding carboxylic acids is 1. The Morgan fingerprint density at radius 2 is 1.70 bits per heavy atom. The lowest BCUT2D eigenvalue weighted by Crippen LogP contribution is -2.48. The van der Waals surface area contributed by atoms with Crippen LogP contribution in [-0.2, 0) is 12.7 Å². The molecule has 37 heavy (non-hydrogen) atoms. The predicted octanol–water partition coefficient (Wildman–Crippen LogP) is 4.77. The van der Waals surface area contributed by atoms with Gasteiger partial charge in [-0.25, -0.2) is 9.50 Å². The van der Waals surface area contributed by atoms with E-state index in [2.05, 4.69) is 27.1 Å². The number of carbonyl (C=O) groups is 1. The number of benzene rings is 2. The fourth-order valence-corrected chi connectivity index (χ4v) is 4.47. The first kappa shape index (κ1) is 24.8. The van der Waals surface area contributed by atoms with Gasteiger partial charge in [0.1, 0.15) is 11.3 Å². The maximum Gasteiger partial charge on any atom is 0.433 e. The molecule has 0 saturated carbocycles. The minimum atomic E-state index is -4.68. The van der Waals surface area contributed by atoms with E-state index in [1.165, 1.54) is 11.8 Å². The molecular weight excluding hydrogens is 483 g/mol. The van der Waals surface area contributed by atoms with Crippen molar-refractivity contribution in [3.05, 3.63) is 83.7 Å². The lowest BCUT2D eigenvalue weighted by atomic mass is 10.1. The molecule has 0 unspecified atom stereocenters. The Hall–Kier alpha value is -3.92. The summed E-state index contributed by atoms with van der Waals surface area (Å²) in [4.78, 5) is 21.7. The van der Waals surface area contributed by atoms with Gasteiger partial charge in [0.05, 0.1) is 18.5 Å². The van der Waals surface area contributed by atoms with Gasteiger partial charge in [0.25, 0.3) is 5.91 Å². The van der Waals surface area contributed by atoms with E-state index in [9.17, 15) is 18.0 Å². The van der Waals surface area contributed by atoms with Crippen molar-refractivity contribution in [1.29, 1.82) is 0 Å². The number of hydrogen-bond donors (Lipinski definition) is 0. The molecule has 1 fully saturated rings. The standard InChI is InChI=1S/C27H26F3N5O2/c1-2-37-21-10-8-20(9-11-21)23-16-24(27(28,29)30)35-25(32-23)22(17-31-35)26(36)34-14-12-33(13-15-34)18-19-6-4-3-5-7-19/h3-11,16-17H,2,12-15,18H2,1H3. The quantitative estimate of drug-likeness (QED) is 0.375. The molecule has 3 heterocycles. The molecule has 0 atom stereocenters. The van der Waals surface area contributed by atoms with Crippen molar-refractivity contribution in [1.82, 2.24) is 24.4 Å². The highest BCUT2D eigenvalue weighted by Gasteiger charge is 2.36. The van der Waals surface area contributed by atoms with Crippen LogP contribution in [0.3, 0.4) is 0 Å². The van der Waals surface area contributed by atoms with Crippen LogP contribution in [0.25, 0.3) is 16.9 Å². The number of piperazine rings is 1. The fourth-order valence-electron chi connectivity index (χ4n) is 4.47. The highest BCUT2D eigenvalue weighted by atomic mass is 19.4. The Bertz CT molecular complexity index is 1380. The predicted molar refractivity (Wildman–Crippen MR) is 132 cm³/mol. The van der Waals surface area contributed by atoms with Crippen molar-refractivity contribution < 1.29 is 22.7 Å². The van der Waals surface area contributed by atoms with Gasteiger partial charge < -0.3 is 9.64 Å². The molecule has 192 valence electrons. The maximum absolute atomic E-state index is 14.0. The van der Waals surface area contributed by atoms with Crippen molar-refractivity contribution in [3.8, 4) is 17.0 Å². The number of halogens is 3. The number of rotatable bonds is 6. The van der Waals surface area contributed by atoms with E-state index in [0.717, 1.165) is 12.6 Å². The second kappa shape index (κ2) is 10.2. The van der Waals surface area contributed by atoms with Gasteiger partial charge in [-0.3, -0.25) is 9.69 Å². The van der Waals surface area contributed by atoms with Crippen LogP contribution < -0.4 is 4.74 Å². The zero-order valence-corrected chi connectivity index (χ0v) is 20.3. The number of aromatic nitrogens is 3. The molecule has 0 spiro atoms. The summed E-state index contributed by atoms with van der Waals surface area (Å²) in [6.45, 7) is 5.36. The Morgan fingerprint density at radius 3 is 2.35 bits per heavy atom. The fraction of sp³-hybridized carbons (Fsp3) is 0.296. The van der Waals surface area contributed by atoms with Crippen molar-refractivity contribution in [2.45, 2.75) is 19.6 Å². The summed E-state index contributed by atoms with van der Waals surface area (Å²) < 4.78 is 48.0. The first-order chi connectivity index (χ1) is 17.8. The lowest BCUT2D eigenvalue weighted by molar-refractivity contribution is -0.142. The molecule has 7 nitrogen and oxygen atoms in total. The molecule has 0 bridgehead atoms. The first-order valence-electron chi connectivity index (χ1n) is 12.1. The molecule has 5 rings (SSSR count). The van der Waals surface area contributed by atoms with E-state index in [4.69, 9.17) is 4.74 Å². The van der Waals surface area contributed by atoms with Gasteiger partial charge >= 0.3 is 6.18 Å². The smallest absolute Gasteiger partial charge is 0.433 e. The van der Waals surface area contributed by atoms with Crippen LogP contribution in [0, 0.1) is 0 Å². The van der Waals surface area contributed by atoms with Crippen molar-refractivity contribution in [2.75, 3.05) is 32.8 Å². The van der Waals surface area contributed by atoms with Gasteiger partial charge in [-0.1, -0.05) is 30.3 Å². The van der Waals surface area contributed by atoms with E-state index >= 15 is 0 Å². The van der Waals surface area contributed by atoms with Crippen LogP contribution in [0.4, 0.5) is 13.2 Å². The number of nitrogens with zero attached hydrogens (tertiary/aromatic N) is 5. The van der Waals surface area contributed by atoms with Crippen LogP contribution in [0.15, 0.2) is 66.9 Å². The monoisotopic (exact) mass is 509 g/mol. The minimum Gasteiger partial charge on any atom is -0.494 e. The van der Waals surface area contributed by atoms with Crippen LogP contribution in [0.2, 0.25) is 0 Å². The van der Waals surface area contributed by atoms with E-state index < -0.39 is 11.9 Å². The third-order valence-corrected chi connectivity index (χ3v) is 6.36. The van der Waals surface area contributed by atoms with Crippen molar-refractivity contribution in [2.24, 2.45) is 0 Å². The summed E-state index contributed by atoms with van der Waals surface area (Å²) in [6, 6.07) is 17.7. The normalized spacial score (nSPS) is 14.8. The molecular formula is C27H26F3N5O2. The molecule has 1 aliphatic rings. The largest absolute Gasteiger partial charge is 0.494 e. The number of hydrogen-bond acceptors (Lipinski definition) is 5. The van der Waals surface area contributed by atoms with Gasteiger partial charge in [-0.05, 0) is 42.8 Å². The second-order valence-electron chi connectivity index (χ2n) is 8.83. The van der Waals surface area contributed by atoms with Crippen LogP contribution in [0.1, 0.15) is 28.5 Å². The molecule has 1 amide bonds. The molecule has 1 saturated heterocycles. The van der Waals surface area contributed by atoms with Crippen LogP contribution in [-0.4, -0.2) is 63.1 Å². The molecule has 0 N–H and O–H groups in total. The van der Waals surface area contributed by atoms with Gasteiger partial charge in [-0.2, -0.15) is 18.3 Å².